The molecule has 3 aliphatic heterocycles. The van der Waals surface area contributed by atoms with E-state index in [1.807, 2.05) is 36.4 Å². The number of nitriles is 1. The van der Waals surface area contributed by atoms with E-state index in [4.69, 9.17) is 16.3 Å². The molecule has 1 atom stereocenters. The first kappa shape index (κ1) is 19.9. The summed E-state index contributed by atoms with van der Waals surface area (Å²) in [5.41, 5.74) is 6.11. The van der Waals surface area contributed by atoms with Crippen LogP contribution in [-0.4, -0.2) is 48.8 Å². The van der Waals surface area contributed by atoms with Gasteiger partial charge in [0, 0.05) is 36.4 Å². The normalized spacial score (nSPS) is 20.8. The van der Waals surface area contributed by atoms with Crippen LogP contribution in [0.4, 0.5) is 0 Å². The van der Waals surface area contributed by atoms with Crippen LogP contribution in [0, 0.1) is 11.3 Å². The van der Waals surface area contributed by atoms with Crippen LogP contribution >= 0.6 is 11.6 Å². The SMILES string of the molecule is N#Cc1ccccc1C1=CN2C(CN3CCOCC3)=C(c3ccc(Cl)cc3)NC2C=C1. The first-order valence-corrected chi connectivity index (χ1v) is 10.8. The summed E-state index contributed by atoms with van der Waals surface area (Å²) < 4.78 is 5.54. The van der Waals surface area contributed by atoms with Crippen molar-refractivity contribution in [3.05, 3.63) is 94.3 Å². The number of nitrogens with zero attached hydrogens (tertiary/aromatic N) is 3. The second-order valence-electron chi connectivity index (χ2n) is 7.81. The molecular weight excluding hydrogens is 408 g/mol. The fourth-order valence-electron chi connectivity index (χ4n) is 4.27. The van der Waals surface area contributed by atoms with Gasteiger partial charge in [0.05, 0.1) is 36.2 Å². The zero-order valence-corrected chi connectivity index (χ0v) is 17.8. The lowest BCUT2D eigenvalue weighted by Gasteiger charge is -2.32. The number of allylic oxidation sites excluding steroid dienone is 2. The van der Waals surface area contributed by atoms with Gasteiger partial charge in [0.25, 0.3) is 0 Å². The van der Waals surface area contributed by atoms with Crippen molar-refractivity contribution in [3.8, 4) is 6.07 Å². The molecule has 1 fully saturated rings. The maximum absolute atomic E-state index is 9.55. The van der Waals surface area contributed by atoms with Crippen molar-refractivity contribution in [2.75, 3.05) is 32.8 Å². The highest BCUT2D eigenvalue weighted by Crippen LogP contribution is 2.35. The van der Waals surface area contributed by atoms with Gasteiger partial charge in [-0.15, -0.1) is 0 Å². The molecule has 1 saturated heterocycles. The van der Waals surface area contributed by atoms with Crippen molar-refractivity contribution in [1.82, 2.24) is 15.1 Å². The van der Waals surface area contributed by atoms with Crippen LogP contribution in [0.15, 0.2) is 72.6 Å². The van der Waals surface area contributed by atoms with E-state index in [9.17, 15) is 5.26 Å². The molecule has 0 aliphatic carbocycles. The summed E-state index contributed by atoms with van der Waals surface area (Å²) in [5.74, 6) is 0. The number of ether oxygens (including phenoxy) is 1. The molecule has 2 aromatic rings. The fourth-order valence-corrected chi connectivity index (χ4v) is 4.40. The molecule has 3 aliphatic rings. The number of hydrogen-bond donors (Lipinski definition) is 1. The maximum atomic E-state index is 9.55. The minimum atomic E-state index is 0.0414. The molecule has 0 aromatic heterocycles. The van der Waals surface area contributed by atoms with E-state index in [1.165, 1.54) is 5.70 Å². The van der Waals surface area contributed by atoms with Gasteiger partial charge >= 0.3 is 0 Å². The summed E-state index contributed by atoms with van der Waals surface area (Å²) in [6.45, 7) is 4.18. The molecule has 0 amide bonds. The van der Waals surface area contributed by atoms with E-state index in [0.717, 1.165) is 60.3 Å². The molecule has 5 nitrogen and oxygen atoms in total. The molecular formula is C25H23ClN4O. The van der Waals surface area contributed by atoms with Crippen LogP contribution in [0.5, 0.6) is 0 Å². The molecule has 156 valence electrons. The predicted octanol–water partition coefficient (Wildman–Crippen LogP) is 4.05. The average Bonchev–Trinajstić information content (AvgIpc) is 3.17. The Morgan fingerprint density at radius 1 is 1.10 bits per heavy atom. The maximum Gasteiger partial charge on any atom is 0.123 e. The Balaban J connectivity index is 1.55. The van der Waals surface area contributed by atoms with Gasteiger partial charge in [-0.25, -0.2) is 0 Å². The molecule has 5 rings (SSSR count). The van der Waals surface area contributed by atoms with Crippen molar-refractivity contribution in [2.24, 2.45) is 0 Å². The van der Waals surface area contributed by atoms with Crippen LogP contribution in [0.1, 0.15) is 16.7 Å². The number of fused-ring (bicyclic) bond motifs is 1. The lowest BCUT2D eigenvalue weighted by atomic mass is 9.99. The Labute approximate surface area is 187 Å². The lowest BCUT2D eigenvalue weighted by Crippen LogP contribution is -2.40. The fraction of sp³-hybridized carbons (Fsp3) is 0.240. The molecule has 2 aromatic carbocycles. The summed E-state index contributed by atoms with van der Waals surface area (Å²) in [6, 6.07) is 18.0. The predicted molar refractivity (Wildman–Crippen MR) is 123 cm³/mol. The number of morpholine rings is 1. The Morgan fingerprint density at radius 3 is 2.65 bits per heavy atom. The van der Waals surface area contributed by atoms with Crippen LogP contribution in [-0.2, 0) is 4.74 Å². The van der Waals surface area contributed by atoms with E-state index < -0.39 is 0 Å². The molecule has 3 heterocycles. The highest BCUT2D eigenvalue weighted by molar-refractivity contribution is 6.30. The van der Waals surface area contributed by atoms with Crippen molar-refractivity contribution in [3.63, 3.8) is 0 Å². The Morgan fingerprint density at radius 2 is 1.87 bits per heavy atom. The van der Waals surface area contributed by atoms with E-state index in [0.29, 0.717) is 5.56 Å². The Hall–Kier alpha value is -3.04. The zero-order chi connectivity index (χ0) is 21.2. The van der Waals surface area contributed by atoms with Crippen molar-refractivity contribution < 1.29 is 4.74 Å². The monoisotopic (exact) mass is 430 g/mol. The quantitative estimate of drug-likeness (QED) is 0.792. The minimum Gasteiger partial charge on any atom is -0.379 e. The van der Waals surface area contributed by atoms with Crippen molar-refractivity contribution in [1.29, 1.82) is 5.26 Å². The van der Waals surface area contributed by atoms with Gasteiger partial charge in [-0.1, -0.05) is 48.0 Å². The third-order valence-corrected chi connectivity index (χ3v) is 6.15. The van der Waals surface area contributed by atoms with E-state index in [2.05, 4.69) is 51.7 Å². The number of rotatable bonds is 4. The van der Waals surface area contributed by atoms with Crippen LogP contribution in [0.3, 0.4) is 0 Å². The summed E-state index contributed by atoms with van der Waals surface area (Å²) in [5, 5.41) is 14.0. The summed E-state index contributed by atoms with van der Waals surface area (Å²) in [6.07, 6.45) is 6.46. The van der Waals surface area contributed by atoms with E-state index >= 15 is 0 Å². The minimum absolute atomic E-state index is 0.0414. The molecule has 6 heteroatoms. The van der Waals surface area contributed by atoms with Crippen LogP contribution in [0.2, 0.25) is 5.02 Å². The average molecular weight is 431 g/mol. The Bertz CT molecular complexity index is 1110. The number of halogens is 1. The molecule has 0 bridgehead atoms. The second-order valence-corrected chi connectivity index (χ2v) is 8.25. The third-order valence-electron chi connectivity index (χ3n) is 5.90. The first-order chi connectivity index (χ1) is 15.2. The standard InChI is InChI=1S/C25H23ClN4O/c26-21-8-5-18(6-9-21)25-23(17-29-11-13-31-14-12-29)30-16-20(7-10-24(30)28-25)22-4-2-1-3-19(22)15-27/h1-10,16,24,28H,11-14,17H2. The molecule has 1 N–H and O–H groups in total. The van der Waals surface area contributed by atoms with Gasteiger partial charge in [-0.2, -0.15) is 5.26 Å². The number of nitrogens with one attached hydrogen (secondary N) is 1. The largest absolute Gasteiger partial charge is 0.379 e. The highest BCUT2D eigenvalue weighted by atomic mass is 35.5. The number of hydrogen-bond acceptors (Lipinski definition) is 5. The van der Waals surface area contributed by atoms with Gasteiger partial charge in [0.15, 0.2) is 0 Å². The van der Waals surface area contributed by atoms with E-state index in [-0.39, 0.29) is 6.17 Å². The van der Waals surface area contributed by atoms with Gasteiger partial charge < -0.3 is 15.0 Å². The number of benzene rings is 2. The van der Waals surface area contributed by atoms with E-state index in [1.54, 1.807) is 0 Å². The van der Waals surface area contributed by atoms with Gasteiger partial charge in [0.2, 0.25) is 0 Å². The topological polar surface area (TPSA) is 51.5 Å². The summed E-state index contributed by atoms with van der Waals surface area (Å²) in [7, 11) is 0. The van der Waals surface area contributed by atoms with Gasteiger partial charge in [-0.3, -0.25) is 4.90 Å². The summed E-state index contributed by atoms with van der Waals surface area (Å²) >= 11 is 6.13. The summed E-state index contributed by atoms with van der Waals surface area (Å²) in [4.78, 5) is 4.72. The Kier molecular flexibility index (Phi) is 5.52. The molecule has 31 heavy (non-hydrogen) atoms. The van der Waals surface area contributed by atoms with Crippen LogP contribution in [0.25, 0.3) is 11.3 Å². The molecule has 0 saturated carbocycles. The highest BCUT2D eigenvalue weighted by Gasteiger charge is 2.32. The van der Waals surface area contributed by atoms with Crippen molar-refractivity contribution >= 4 is 22.9 Å². The first-order valence-electron chi connectivity index (χ1n) is 10.5. The van der Waals surface area contributed by atoms with Gasteiger partial charge in [-0.05, 0) is 35.4 Å². The molecule has 1 unspecified atom stereocenters. The zero-order valence-electron chi connectivity index (χ0n) is 17.1. The lowest BCUT2D eigenvalue weighted by molar-refractivity contribution is 0.0401. The van der Waals surface area contributed by atoms with Gasteiger partial charge in [0.1, 0.15) is 6.17 Å². The van der Waals surface area contributed by atoms with Crippen LogP contribution < -0.4 is 5.32 Å². The van der Waals surface area contributed by atoms with Crippen molar-refractivity contribution in [2.45, 2.75) is 6.17 Å². The molecule has 0 spiro atoms. The third kappa shape index (κ3) is 3.98. The molecule has 0 radical (unpaired) electrons. The second kappa shape index (κ2) is 8.60. The smallest absolute Gasteiger partial charge is 0.123 e.